The average Bonchev–Trinajstić information content (AvgIpc) is 3.11. The molecule has 3 heteroatoms. The van der Waals surface area contributed by atoms with E-state index in [2.05, 4.69) is 154 Å². The standard InChI is InChI=1S/C40H29N3/c1-2-10-33(11-3-1)40(37-15-7-4-12-34(37)30-18-24-41-25-19-30,38-16-8-5-13-35(38)31-20-26-42-27-21-31)39-17-9-6-14-36(39)32-22-28-43-29-23-32/h1-29H. The fourth-order valence-corrected chi connectivity index (χ4v) is 6.37. The normalized spacial score (nSPS) is 11.3. The van der Waals surface area contributed by atoms with E-state index in [0.29, 0.717) is 0 Å². The van der Waals surface area contributed by atoms with Gasteiger partial charge in [-0.05, 0) is 92.0 Å². The molecule has 4 aromatic carbocycles. The number of aromatic nitrogens is 3. The molecule has 0 aliphatic rings. The molecule has 7 rings (SSSR count). The second-order valence-corrected chi connectivity index (χ2v) is 10.5. The molecule has 0 aliphatic heterocycles. The van der Waals surface area contributed by atoms with Gasteiger partial charge in [0.15, 0.2) is 0 Å². The predicted molar refractivity (Wildman–Crippen MR) is 174 cm³/mol. The van der Waals surface area contributed by atoms with Gasteiger partial charge in [-0.3, -0.25) is 15.0 Å². The summed E-state index contributed by atoms with van der Waals surface area (Å²) >= 11 is 0. The summed E-state index contributed by atoms with van der Waals surface area (Å²) in [5.74, 6) is 0. The SMILES string of the molecule is c1ccc(C(c2ccccc2-c2ccncc2)(c2ccccc2-c2ccncc2)c2ccccc2-c2ccncc2)cc1. The van der Waals surface area contributed by atoms with E-state index in [1.165, 1.54) is 22.3 Å². The highest BCUT2D eigenvalue weighted by Crippen LogP contribution is 2.53. The van der Waals surface area contributed by atoms with Crippen LogP contribution in [0.5, 0.6) is 0 Å². The lowest BCUT2D eigenvalue weighted by molar-refractivity contribution is 0.751. The Morgan fingerprint density at radius 1 is 0.302 bits per heavy atom. The molecule has 3 nitrogen and oxygen atoms in total. The van der Waals surface area contributed by atoms with Gasteiger partial charge in [0.2, 0.25) is 0 Å². The van der Waals surface area contributed by atoms with Crippen molar-refractivity contribution in [3.63, 3.8) is 0 Å². The summed E-state index contributed by atoms with van der Waals surface area (Å²) in [5.41, 5.74) is 10.9. The minimum Gasteiger partial charge on any atom is -0.265 e. The lowest BCUT2D eigenvalue weighted by Gasteiger charge is -2.40. The number of hydrogen-bond donors (Lipinski definition) is 0. The molecule has 0 unspecified atom stereocenters. The number of pyridine rings is 3. The van der Waals surface area contributed by atoms with E-state index in [0.717, 1.165) is 33.4 Å². The molecule has 0 bridgehead atoms. The summed E-state index contributed by atoms with van der Waals surface area (Å²) in [6.45, 7) is 0. The highest BCUT2D eigenvalue weighted by atomic mass is 14.6. The van der Waals surface area contributed by atoms with Crippen LogP contribution in [0, 0.1) is 0 Å². The van der Waals surface area contributed by atoms with Crippen molar-refractivity contribution in [1.29, 1.82) is 0 Å². The second-order valence-electron chi connectivity index (χ2n) is 10.5. The van der Waals surface area contributed by atoms with Crippen LogP contribution in [-0.2, 0) is 5.41 Å². The van der Waals surface area contributed by atoms with Gasteiger partial charge in [-0.25, -0.2) is 0 Å². The fourth-order valence-electron chi connectivity index (χ4n) is 6.37. The van der Waals surface area contributed by atoms with E-state index in [-0.39, 0.29) is 0 Å². The van der Waals surface area contributed by atoms with Crippen LogP contribution in [0.1, 0.15) is 22.3 Å². The Labute approximate surface area is 252 Å². The van der Waals surface area contributed by atoms with Crippen LogP contribution >= 0.6 is 0 Å². The Morgan fingerprint density at radius 2 is 0.605 bits per heavy atom. The average molecular weight is 552 g/mol. The molecule has 0 atom stereocenters. The third kappa shape index (κ3) is 4.71. The van der Waals surface area contributed by atoms with Crippen LogP contribution in [0.2, 0.25) is 0 Å². The molecule has 0 amide bonds. The maximum Gasteiger partial charge on any atom is 0.0719 e. The van der Waals surface area contributed by atoms with Gasteiger partial charge in [0.25, 0.3) is 0 Å². The summed E-state index contributed by atoms with van der Waals surface area (Å²) < 4.78 is 0. The van der Waals surface area contributed by atoms with Gasteiger partial charge in [-0.1, -0.05) is 103 Å². The summed E-state index contributed by atoms with van der Waals surface area (Å²) in [6.07, 6.45) is 11.2. The molecule has 43 heavy (non-hydrogen) atoms. The molecule has 0 spiro atoms. The third-order valence-electron chi connectivity index (χ3n) is 8.17. The van der Waals surface area contributed by atoms with Crippen molar-refractivity contribution in [2.75, 3.05) is 0 Å². The van der Waals surface area contributed by atoms with Crippen LogP contribution in [0.15, 0.2) is 177 Å². The van der Waals surface area contributed by atoms with Crippen molar-refractivity contribution >= 4 is 0 Å². The van der Waals surface area contributed by atoms with E-state index in [4.69, 9.17) is 0 Å². The van der Waals surface area contributed by atoms with E-state index >= 15 is 0 Å². The largest absolute Gasteiger partial charge is 0.265 e. The predicted octanol–water partition coefficient (Wildman–Crippen LogP) is 9.26. The van der Waals surface area contributed by atoms with Gasteiger partial charge in [0.1, 0.15) is 0 Å². The molecule has 0 saturated heterocycles. The van der Waals surface area contributed by atoms with E-state index in [9.17, 15) is 0 Å². The van der Waals surface area contributed by atoms with Gasteiger partial charge in [-0.15, -0.1) is 0 Å². The summed E-state index contributed by atoms with van der Waals surface area (Å²) in [6, 6.07) is 49.8. The number of benzene rings is 4. The van der Waals surface area contributed by atoms with E-state index in [1.807, 2.05) is 37.2 Å². The lowest BCUT2D eigenvalue weighted by atomic mass is 9.61. The van der Waals surface area contributed by atoms with Crippen LogP contribution in [0.3, 0.4) is 0 Å². The molecule has 0 N–H and O–H groups in total. The monoisotopic (exact) mass is 551 g/mol. The molecule has 0 radical (unpaired) electrons. The molecular weight excluding hydrogens is 522 g/mol. The Kier molecular flexibility index (Phi) is 7.12. The Hall–Kier alpha value is -5.67. The second kappa shape index (κ2) is 11.7. The van der Waals surface area contributed by atoms with Crippen molar-refractivity contribution in [3.8, 4) is 33.4 Å². The molecule has 204 valence electrons. The molecule has 7 aromatic rings. The van der Waals surface area contributed by atoms with E-state index < -0.39 is 5.41 Å². The van der Waals surface area contributed by atoms with Gasteiger partial charge in [-0.2, -0.15) is 0 Å². The first-order valence-corrected chi connectivity index (χ1v) is 14.4. The van der Waals surface area contributed by atoms with Gasteiger partial charge in [0, 0.05) is 37.2 Å². The van der Waals surface area contributed by atoms with Crippen molar-refractivity contribution < 1.29 is 0 Å². The van der Waals surface area contributed by atoms with Crippen LogP contribution < -0.4 is 0 Å². The maximum absolute atomic E-state index is 4.33. The summed E-state index contributed by atoms with van der Waals surface area (Å²) in [5, 5.41) is 0. The van der Waals surface area contributed by atoms with Crippen molar-refractivity contribution in [1.82, 2.24) is 15.0 Å². The minimum absolute atomic E-state index is 0.707. The zero-order valence-electron chi connectivity index (χ0n) is 23.6. The fraction of sp³-hybridized carbons (Fsp3) is 0.0250. The molecule has 3 aromatic heterocycles. The third-order valence-corrected chi connectivity index (χ3v) is 8.17. The molecule has 0 fully saturated rings. The minimum atomic E-state index is -0.707. The smallest absolute Gasteiger partial charge is 0.0719 e. The van der Waals surface area contributed by atoms with E-state index in [1.54, 1.807) is 0 Å². The van der Waals surface area contributed by atoms with Gasteiger partial charge >= 0.3 is 0 Å². The Morgan fingerprint density at radius 3 is 0.953 bits per heavy atom. The van der Waals surface area contributed by atoms with Crippen molar-refractivity contribution in [3.05, 3.63) is 199 Å². The van der Waals surface area contributed by atoms with Crippen molar-refractivity contribution in [2.24, 2.45) is 0 Å². The topological polar surface area (TPSA) is 38.7 Å². The lowest BCUT2D eigenvalue weighted by Crippen LogP contribution is -2.33. The number of rotatable bonds is 7. The number of hydrogen-bond acceptors (Lipinski definition) is 3. The zero-order chi connectivity index (χ0) is 28.9. The highest BCUT2D eigenvalue weighted by molar-refractivity contribution is 5.83. The van der Waals surface area contributed by atoms with Gasteiger partial charge < -0.3 is 0 Å². The van der Waals surface area contributed by atoms with Crippen LogP contribution in [-0.4, -0.2) is 15.0 Å². The maximum atomic E-state index is 4.33. The first-order valence-electron chi connectivity index (χ1n) is 14.4. The quantitative estimate of drug-likeness (QED) is 0.185. The summed E-state index contributed by atoms with van der Waals surface area (Å²) in [4.78, 5) is 13.0. The first-order chi connectivity index (χ1) is 21.4. The molecule has 3 heterocycles. The molecular formula is C40H29N3. The first kappa shape index (κ1) is 26.2. The Bertz CT molecular complexity index is 1750. The van der Waals surface area contributed by atoms with Crippen LogP contribution in [0.25, 0.3) is 33.4 Å². The zero-order valence-corrected chi connectivity index (χ0v) is 23.6. The summed E-state index contributed by atoms with van der Waals surface area (Å²) in [7, 11) is 0. The van der Waals surface area contributed by atoms with Crippen molar-refractivity contribution in [2.45, 2.75) is 5.41 Å². The molecule has 0 saturated carbocycles. The highest BCUT2D eigenvalue weighted by Gasteiger charge is 2.43. The van der Waals surface area contributed by atoms with Crippen LogP contribution in [0.4, 0.5) is 0 Å². The molecule has 0 aliphatic carbocycles. The number of nitrogens with zero attached hydrogens (tertiary/aromatic N) is 3. The Balaban J connectivity index is 1.70. The van der Waals surface area contributed by atoms with Gasteiger partial charge in [0.05, 0.1) is 5.41 Å².